The number of nitrogens with zero attached hydrogens (tertiary/aromatic N) is 3. The fraction of sp³-hybridized carbons (Fsp3) is 0.211. The highest BCUT2D eigenvalue weighted by Crippen LogP contribution is 2.42. The Morgan fingerprint density at radius 1 is 1.20 bits per heavy atom. The largest absolute Gasteiger partial charge is 0.352 e. The van der Waals surface area contributed by atoms with Crippen molar-refractivity contribution in [3.05, 3.63) is 82.1 Å². The number of aromatic nitrogens is 2. The number of pyridine rings is 2. The summed E-state index contributed by atoms with van der Waals surface area (Å²) < 4.78 is 0. The number of hydrogen-bond donors (Lipinski definition) is 1. The number of hydrogen-bond acceptors (Lipinski definition) is 4. The monoisotopic (exact) mass is 366 g/mol. The smallest absolute Gasteiger partial charge is 0.170 e. The number of thiophene rings is 1. The van der Waals surface area contributed by atoms with E-state index >= 15 is 0 Å². The quantitative estimate of drug-likeness (QED) is 0.706. The maximum absolute atomic E-state index is 5.68. The van der Waals surface area contributed by atoms with Crippen molar-refractivity contribution in [3.8, 4) is 0 Å². The summed E-state index contributed by atoms with van der Waals surface area (Å²) in [5.74, 6) is 0. The Kier molecular flexibility index (Phi) is 4.46. The highest BCUT2D eigenvalue weighted by molar-refractivity contribution is 7.80. The summed E-state index contributed by atoms with van der Waals surface area (Å²) in [5, 5.41) is 6.39. The van der Waals surface area contributed by atoms with E-state index in [1.54, 1.807) is 17.5 Å². The molecule has 126 valence electrons. The molecule has 0 bridgehead atoms. The van der Waals surface area contributed by atoms with E-state index in [2.05, 4.69) is 50.7 Å². The topological polar surface area (TPSA) is 41.1 Å². The van der Waals surface area contributed by atoms with Crippen molar-refractivity contribution in [1.82, 2.24) is 20.2 Å². The van der Waals surface area contributed by atoms with E-state index in [4.69, 9.17) is 12.2 Å². The first-order valence-electron chi connectivity index (χ1n) is 8.15. The fourth-order valence-electron chi connectivity index (χ4n) is 3.24. The molecule has 1 aliphatic rings. The third kappa shape index (κ3) is 3.15. The van der Waals surface area contributed by atoms with Crippen LogP contribution in [-0.4, -0.2) is 20.0 Å². The molecule has 25 heavy (non-hydrogen) atoms. The highest BCUT2D eigenvalue weighted by atomic mass is 32.1. The highest BCUT2D eigenvalue weighted by Gasteiger charge is 2.40. The van der Waals surface area contributed by atoms with Gasteiger partial charge in [0, 0.05) is 30.0 Å². The molecule has 6 heteroatoms. The summed E-state index contributed by atoms with van der Waals surface area (Å²) in [6, 6.07) is 12.4. The first-order chi connectivity index (χ1) is 12.2. The second-order valence-electron chi connectivity index (χ2n) is 6.08. The molecule has 0 aromatic carbocycles. The fourth-order valence-corrected chi connectivity index (χ4v) is 4.62. The van der Waals surface area contributed by atoms with Crippen molar-refractivity contribution in [2.24, 2.45) is 0 Å². The first kappa shape index (κ1) is 16.2. The Morgan fingerprint density at radius 3 is 2.80 bits per heavy atom. The molecule has 0 unspecified atom stereocenters. The minimum absolute atomic E-state index is 0.0442. The molecule has 1 aliphatic heterocycles. The summed E-state index contributed by atoms with van der Waals surface area (Å²) in [7, 11) is 0. The van der Waals surface area contributed by atoms with Crippen molar-refractivity contribution in [1.29, 1.82) is 0 Å². The van der Waals surface area contributed by atoms with Gasteiger partial charge in [-0.1, -0.05) is 12.1 Å². The van der Waals surface area contributed by atoms with Crippen molar-refractivity contribution in [2.75, 3.05) is 0 Å². The van der Waals surface area contributed by atoms with Crippen LogP contribution >= 0.6 is 23.6 Å². The Labute approximate surface area is 156 Å². The molecule has 4 heterocycles. The average Bonchev–Trinajstić information content (AvgIpc) is 3.20. The SMILES string of the molecule is Cc1ccsc1[C@@H]1[C@H](c2ccccn2)NC(=S)N1Cc1cccnc1. The predicted octanol–water partition coefficient (Wildman–Crippen LogP) is 4.02. The predicted molar refractivity (Wildman–Crippen MR) is 104 cm³/mol. The zero-order valence-corrected chi connectivity index (χ0v) is 15.4. The number of nitrogens with one attached hydrogen (secondary N) is 1. The minimum atomic E-state index is 0.0442. The van der Waals surface area contributed by atoms with Crippen LogP contribution in [0.25, 0.3) is 0 Å². The lowest BCUT2D eigenvalue weighted by Gasteiger charge is -2.27. The number of thiocarbonyl (C=S) groups is 1. The molecule has 1 fully saturated rings. The van der Waals surface area contributed by atoms with Crippen LogP contribution in [0.1, 0.15) is 33.8 Å². The molecular weight excluding hydrogens is 348 g/mol. The number of rotatable bonds is 4. The Hall–Kier alpha value is -2.31. The van der Waals surface area contributed by atoms with Crippen LogP contribution in [0.4, 0.5) is 0 Å². The second kappa shape index (κ2) is 6.90. The summed E-state index contributed by atoms with van der Waals surface area (Å²) in [6.45, 7) is 2.88. The van der Waals surface area contributed by atoms with Gasteiger partial charge in [0.2, 0.25) is 0 Å². The Morgan fingerprint density at radius 2 is 2.12 bits per heavy atom. The summed E-state index contributed by atoms with van der Waals surface area (Å²) in [6.07, 6.45) is 5.53. The molecule has 3 aromatic heterocycles. The van der Waals surface area contributed by atoms with E-state index in [1.807, 2.05) is 30.6 Å². The molecule has 4 rings (SSSR count). The molecule has 0 spiro atoms. The maximum atomic E-state index is 5.68. The van der Waals surface area contributed by atoms with Crippen molar-refractivity contribution in [2.45, 2.75) is 25.6 Å². The van der Waals surface area contributed by atoms with Gasteiger partial charge < -0.3 is 10.2 Å². The van der Waals surface area contributed by atoms with E-state index in [0.29, 0.717) is 0 Å². The van der Waals surface area contributed by atoms with Crippen LogP contribution in [0.5, 0.6) is 0 Å². The molecule has 4 nitrogen and oxygen atoms in total. The lowest BCUT2D eigenvalue weighted by atomic mass is 10.0. The van der Waals surface area contributed by atoms with Gasteiger partial charge in [0.1, 0.15) is 0 Å². The van der Waals surface area contributed by atoms with Crippen LogP contribution in [-0.2, 0) is 6.54 Å². The van der Waals surface area contributed by atoms with Crippen molar-refractivity contribution in [3.63, 3.8) is 0 Å². The molecule has 0 amide bonds. The Bertz CT molecular complexity index is 863. The van der Waals surface area contributed by atoms with Crippen LogP contribution in [0.15, 0.2) is 60.4 Å². The molecule has 2 atom stereocenters. The van der Waals surface area contributed by atoms with Gasteiger partial charge in [-0.05, 0) is 59.9 Å². The summed E-state index contributed by atoms with van der Waals surface area (Å²) in [4.78, 5) is 12.4. The van der Waals surface area contributed by atoms with Gasteiger partial charge in [0.25, 0.3) is 0 Å². The van der Waals surface area contributed by atoms with E-state index in [0.717, 1.165) is 22.9 Å². The summed E-state index contributed by atoms with van der Waals surface area (Å²) >= 11 is 7.46. The molecule has 1 saturated heterocycles. The molecule has 0 saturated carbocycles. The summed E-state index contributed by atoms with van der Waals surface area (Å²) in [5.41, 5.74) is 3.45. The van der Waals surface area contributed by atoms with E-state index < -0.39 is 0 Å². The van der Waals surface area contributed by atoms with Gasteiger partial charge in [-0.3, -0.25) is 9.97 Å². The van der Waals surface area contributed by atoms with E-state index in [1.165, 1.54) is 10.4 Å². The molecule has 0 radical (unpaired) electrons. The van der Waals surface area contributed by atoms with Crippen LogP contribution in [0, 0.1) is 6.92 Å². The van der Waals surface area contributed by atoms with Crippen LogP contribution in [0.2, 0.25) is 0 Å². The lowest BCUT2D eigenvalue weighted by Crippen LogP contribution is -2.29. The van der Waals surface area contributed by atoms with Gasteiger partial charge in [0.05, 0.1) is 17.8 Å². The van der Waals surface area contributed by atoms with Gasteiger partial charge in [-0.2, -0.15) is 0 Å². The number of aryl methyl sites for hydroxylation is 1. The standard InChI is InChI=1S/C19H18N4S2/c1-13-7-10-25-18(13)17-16(15-6-2-3-9-21-15)22-19(24)23(17)12-14-5-4-8-20-11-14/h2-11,16-17H,12H2,1H3,(H,22,24)/t16-,17-/m0/s1. The van der Waals surface area contributed by atoms with E-state index in [-0.39, 0.29) is 12.1 Å². The van der Waals surface area contributed by atoms with Gasteiger partial charge >= 0.3 is 0 Å². The normalized spacial score (nSPS) is 19.9. The first-order valence-corrected chi connectivity index (χ1v) is 9.44. The molecule has 3 aromatic rings. The second-order valence-corrected chi connectivity index (χ2v) is 7.42. The van der Waals surface area contributed by atoms with E-state index in [9.17, 15) is 0 Å². The van der Waals surface area contributed by atoms with Crippen LogP contribution < -0.4 is 5.32 Å². The van der Waals surface area contributed by atoms with Crippen LogP contribution in [0.3, 0.4) is 0 Å². The molecule has 1 N–H and O–H groups in total. The van der Waals surface area contributed by atoms with Gasteiger partial charge in [0.15, 0.2) is 5.11 Å². The third-order valence-corrected chi connectivity index (χ3v) is 5.89. The maximum Gasteiger partial charge on any atom is 0.170 e. The minimum Gasteiger partial charge on any atom is -0.352 e. The Balaban J connectivity index is 1.74. The van der Waals surface area contributed by atoms with Gasteiger partial charge in [-0.15, -0.1) is 11.3 Å². The zero-order chi connectivity index (χ0) is 17.2. The average molecular weight is 367 g/mol. The third-order valence-electron chi connectivity index (χ3n) is 4.44. The molecular formula is C19H18N4S2. The van der Waals surface area contributed by atoms with Crippen molar-refractivity contribution < 1.29 is 0 Å². The van der Waals surface area contributed by atoms with Gasteiger partial charge in [-0.25, -0.2) is 0 Å². The zero-order valence-electron chi connectivity index (χ0n) is 13.8. The lowest BCUT2D eigenvalue weighted by molar-refractivity contribution is 0.314. The van der Waals surface area contributed by atoms with Crippen molar-refractivity contribution >= 4 is 28.7 Å². The molecule has 0 aliphatic carbocycles.